The molecule has 1 atom stereocenters. The third-order valence-corrected chi connectivity index (χ3v) is 2.97. The Kier molecular flexibility index (Phi) is 5.94. The summed E-state index contributed by atoms with van der Waals surface area (Å²) in [6.45, 7) is 2.15. The van der Waals surface area contributed by atoms with Crippen LogP contribution in [-0.2, 0) is 6.42 Å². The lowest BCUT2D eigenvalue weighted by Gasteiger charge is -2.08. The van der Waals surface area contributed by atoms with Gasteiger partial charge in [-0.25, -0.2) is 0 Å². The molecule has 0 amide bonds. The fraction of sp³-hybridized carbons (Fsp3) is 0.571. The highest BCUT2D eigenvalue weighted by molar-refractivity contribution is 5.27. The maximum Gasteiger partial charge on any atom is 0.118 e. The molecule has 0 spiro atoms. The van der Waals surface area contributed by atoms with Crippen LogP contribution in [0.2, 0.25) is 0 Å². The molecule has 1 unspecified atom stereocenters. The van der Waals surface area contributed by atoms with Crippen molar-refractivity contribution in [3.8, 4) is 5.75 Å². The van der Waals surface area contributed by atoms with Crippen molar-refractivity contribution in [2.75, 3.05) is 7.11 Å². The molecule has 0 radical (unpaired) electrons. The molecule has 1 rings (SSSR count). The van der Waals surface area contributed by atoms with Gasteiger partial charge in [0, 0.05) is 6.04 Å². The molecule has 0 heterocycles. The summed E-state index contributed by atoms with van der Waals surface area (Å²) in [5.74, 6) is 0.928. The van der Waals surface area contributed by atoms with E-state index >= 15 is 0 Å². The predicted octanol–water partition coefficient (Wildman–Crippen LogP) is 3.15. The zero-order chi connectivity index (χ0) is 11.8. The summed E-state index contributed by atoms with van der Waals surface area (Å²) < 4.78 is 5.12. The number of hydrogen-bond donors (Lipinski definition) is 1. The molecule has 0 aromatic heterocycles. The van der Waals surface area contributed by atoms with E-state index in [9.17, 15) is 0 Å². The van der Waals surface area contributed by atoms with Gasteiger partial charge in [-0.2, -0.15) is 0 Å². The van der Waals surface area contributed by atoms with Gasteiger partial charge in [0.1, 0.15) is 5.75 Å². The summed E-state index contributed by atoms with van der Waals surface area (Å²) in [6.07, 6.45) is 5.82. The van der Waals surface area contributed by atoms with Gasteiger partial charge < -0.3 is 10.5 Å². The van der Waals surface area contributed by atoms with Gasteiger partial charge in [0.05, 0.1) is 7.11 Å². The first-order valence-electron chi connectivity index (χ1n) is 6.14. The molecule has 16 heavy (non-hydrogen) atoms. The molecule has 2 nitrogen and oxygen atoms in total. The van der Waals surface area contributed by atoms with Crippen LogP contribution in [0.3, 0.4) is 0 Å². The molecular weight excluding hydrogens is 198 g/mol. The summed E-state index contributed by atoms with van der Waals surface area (Å²) >= 11 is 0. The zero-order valence-corrected chi connectivity index (χ0v) is 10.4. The van der Waals surface area contributed by atoms with E-state index in [4.69, 9.17) is 10.5 Å². The fourth-order valence-corrected chi connectivity index (χ4v) is 1.73. The highest BCUT2D eigenvalue weighted by Gasteiger charge is 1.99. The van der Waals surface area contributed by atoms with Crippen LogP contribution in [0.4, 0.5) is 0 Å². The molecule has 0 saturated carbocycles. The van der Waals surface area contributed by atoms with Gasteiger partial charge in [0.25, 0.3) is 0 Å². The predicted molar refractivity (Wildman–Crippen MR) is 68.8 cm³/mol. The lowest BCUT2D eigenvalue weighted by Crippen LogP contribution is -2.17. The molecule has 1 aromatic carbocycles. The van der Waals surface area contributed by atoms with E-state index in [0.29, 0.717) is 6.04 Å². The zero-order valence-electron chi connectivity index (χ0n) is 10.4. The normalized spacial score (nSPS) is 12.4. The Morgan fingerprint density at radius 1 is 1.19 bits per heavy atom. The van der Waals surface area contributed by atoms with E-state index in [-0.39, 0.29) is 0 Å². The second-order valence-corrected chi connectivity index (χ2v) is 4.26. The van der Waals surface area contributed by atoms with Gasteiger partial charge in [-0.05, 0) is 43.4 Å². The average Bonchev–Trinajstić information content (AvgIpc) is 2.35. The van der Waals surface area contributed by atoms with E-state index in [2.05, 4.69) is 19.1 Å². The van der Waals surface area contributed by atoms with E-state index < -0.39 is 0 Å². The van der Waals surface area contributed by atoms with Crippen LogP contribution in [-0.4, -0.2) is 13.2 Å². The Hall–Kier alpha value is -1.02. The van der Waals surface area contributed by atoms with Gasteiger partial charge in [-0.1, -0.05) is 25.5 Å². The molecule has 0 bridgehead atoms. The maximum atomic E-state index is 5.87. The molecule has 2 N–H and O–H groups in total. The quantitative estimate of drug-likeness (QED) is 0.718. The Labute approximate surface area is 98.8 Å². The van der Waals surface area contributed by atoms with E-state index in [1.54, 1.807) is 7.11 Å². The van der Waals surface area contributed by atoms with Crippen LogP contribution in [0.25, 0.3) is 0 Å². The SMILES string of the molecule is CCC(N)CCCCc1ccc(OC)cc1. The van der Waals surface area contributed by atoms with Gasteiger partial charge in [0.15, 0.2) is 0 Å². The first-order chi connectivity index (χ1) is 7.76. The lowest BCUT2D eigenvalue weighted by molar-refractivity contribution is 0.414. The number of benzene rings is 1. The van der Waals surface area contributed by atoms with Crippen LogP contribution in [0.1, 0.15) is 38.2 Å². The summed E-state index contributed by atoms with van der Waals surface area (Å²) in [5, 5.41) is 0. The van der Waals surface area contributed by atoms with Crippen molar-refractivity contribution in [3.05, 3.63) is 29.8 Å². The second kappa shape index (κ2) is 7.29. The summed E-state index contributed by atoms with van der Waals surface area (Å²) in [4.78, 5) is 0. The minimum Gasteiger partial charge on any atom is -0.497 e. The standard InChI is InChI=1S/C14H23NO/c1-3-13(15)7-5-4-6-12-8-10-14(16-2)11-9-12/h8-11,13H,3-7,15H2,1-2H3. The van der Waals surface area contributed by atoms with Crippen LogP contribution < -0.4 is 10.5 Å². The minimum atomic E-state index is 0.385. The number of aryl methyl sites for hydroxylation is 1. The largest absolute Gasteiger partial charge is 0.497 e. The number of nitrogens with two attached hydrogens (primary N) is 1. The van der Waals surface area contributed by atoms with Crippen LogP contribution in [0, 0.1) is 0 Å². The summed E-state index contributed by atoms with van der Waals surface area (Å²) in [5.41, 5.74) is 7.25. The van der Waals surface area contributed by atoms with Gasteiger partial charge in [0.2, 0.25) is 0 Å². The molecule has 0 saturated heterocycles. The van der Waals surface area contributed by atoms with Crippen LogP contribution in [0.15, 0.2) is 24.3 Å². The molecular formula is C14H23NO. The first kappa shape index (κ1) is 13.0. The van der Waals surface area contributed by atoms with E-state index in [1.807, 2.05) is 12.1 Å². The van der Waals surface area contributed by atoms with Crippen molar-refractivity contribution in [2.24, 2.45) is 5.73 Å². The molecule has 0 aliphatic heterocycles. The molecule has 90 valence electrons. The Balaban J connectivity index is 2.21. The van der Waals surface area contributed by atoms with Crippen molar-refractivity contribution in [1.82, 2.24) is 0 Å². The lowest BCUT2D eigenvalue weighted by atomic mass is 10.0. The second-order valence-electron chi connectivity index (χ2n) is 4.26. The molecule has 2 heteroatoms. The van der Waals surface area contributed by atoms with Crippen molar-refractivity contribution >= 4 is 0 Å². The smallest absolute Gasteiger partial charge is 0.118 e. The minimum absolute atomic E-state index is 0.385. The third kappa shape index (κ3) is 4.67. The van der Waals surface area contributed by atoms with Crippen LogP contribution in [0.5, 0.6) is 5.75 Å². The van der Waals surface area contributed by atoms with Crippen LogP contribution >= 0.6 is 0 Å². The molecule has 0 fully saturated rings. The van der Waals surface area contributed by atoms with E-state index in [0.717, 1.165) is 25.0 Å². The number of hydrogen-bond acceptors (Lipinski definition) is 2. The monoisotopic (exact) mass is 221 g/mol. The van der Waals surface area contributed by atoms with Crippen molar-refractivity contribution in [2.45, 2.75) is 45.1 Å². The van der Waals surface area contributed by atoms with Crippen molar-refractivity contribution < 1.29 is 4.74 Å². The third-order valence-electron chi connectivity index (χ3n) is 2.97. The maximum absolute atomic E-state index is 5.87. The Bertz CT molecular complexity index is 281. The summed E-state index contributed by atoms with van der Waals surface area (Å²) in [7, 11) is 1.70. The highest BCUT2D eigenvalue weighted by Crippen LogP contribution is 2.14. The average molecular weight is 221 g/mol. The molecule has 1 aromatic rings. The topological polar surface area (TPSA) is 35.2 Å². The van der Waals surface area contributed by atoms with E-state index in [1.165, 1.54) is 18.4 Å². The molecule has 0 aliphatic rings. The first-order valence-corrected chi connectivity index (χ1v) is 6.14. The molecule has 0 aliphatic carbocycles. The highest BCUT2D eigenvalue weighted by atomic mass is 16.5. The number of ether oxygens (including phenoxy) is 1. The summed E-state index contributed by atoms with van der Waals surface area (Å²) in [6, 6.07) is 8.70. The fourth-order valence-electron chi connectivity index (χ4n) is 1.73. The van der Waals surface area contributed by atoms with Gasteiger partial charge >= 0.3 is 0 Å². The Morgan fingerprint density at radius 3 is 2.44 bits per heavy atom. The van der Waals surface area contributed by atoms with Gasteiger partial charge in [-0.3, -0.25) is 0 Å². The van der Waals surface area contributed by atoms with Crippen molar-refractivity contribution in [3.63, 3.8) is 0 Å². The van der Waals surface area contributed by atoms with Crippen molar-refractivity contribution in [1.29, 1.82) is 0 Å². The number of rotatable bonds is 7. The number of unbranched alkanes of at least 4 members (excludes halogenated alkanes) is 1. The Morgan fingerprint density at radius 2 is 1.88 bits per heavy atom. The van der Waals surface area contributed by atoms with Gasteiger partial charge in [-0.15, -0.1) is 0 Å². The number of methoxy groups -OCH3 is 1.